The van der Waals surface area contributed by atoms with Crippen molar-refractivity contribution in [3.8, 4) is 11.5 Å². The van der Waals surface area contributed by atoms with Gasteiger partial charge in [0, 0.05) is 35.1 Å². The van der Waals surface area contributed by atoms with E-state index in [9.17, 15) is 14.0 Å². The second-order valence-electron chi connectivity index (χ2n) is 8.12. The number of nitrogens with zero attached hydrogens (tertiary/aromatic N) is 1. The van der Waals surface area contributed by atoms with Gasteiger partial charge in [0.25, 0.3) is 5.91 Å². The van der Waals surface area contributed by atoms with E-state index in [4.69, 9.17) is 16.3 Å². The predicted molar refractivity (Wildman–Crippen MR) is 144 cm³/mol. The van der Waals surface area contributed by atoms with Crippen LogP contribution in [-0.2, 0) is 0 Å². The van der Waals surface area contributed by atoms with Crippen LogP contribution in [0.25, 0.3) is 0 Å². The molecule has 3 amide bonds. The van der Waals surface area contributed by atoms with E-state index in [-0.39, 0.29) is 11.9 Å². The maximum atomic E-state index is 13.4. The lowest BCUT2D eigenvalue weighted by Crippen LogP contribution is -2.35. The van der Waals surface area contributed by atoms with Gasteiger partial charge in [0.15, 0.2) is 0 Å². The Morgan fingerprint density at radius 2 is 1.54 bits per heavy atom. The lowest BCUT2D eigenvalue weighted by molar-refractivity contribution is 0.0986. The van der Waals surface area contributed by atoms with Crippen molar-refractivity contribution in [2.75, 3.05) is 23.3 Å². The number of urea groups is 1. The molecule has 4 aromatic rings. The van der Waals surface area contributed by atoms with Crippen molar-refractivity contribution < 1.29 is 18.7 Å². The molecule has 0 unspecified atom stereocenters. The number of hydrogen-bond acceptors (Lipinski definition) is 3. The number of nitrogens with one attached hydrogen (secondary N) is 2. The third kappa shape index (κ3) is 7.56. The minimum absolute atomic E-state index is 0.278. The first-order valence-corrected chi connectivity index (χ1v) is 12.1. The van der Waals surface area contributed by atoms with E-state index in [1.807, 2.05) is 30.3 Å². The van der Waals surface area contributed by atoms with Gasteiger partial charge in [-0.05, 0) is 85.3 Å². The van der Waals surface area contributed by atoms with Crippen LogP contribution in [0.15, 0.2) is 103 Å². The Hall–Kier alpha value is -4.36. The van der Waals surface area contributed by atoms with E-state index in [1.165, 1.54) is 24.3 Å². The van der Waals surface area contributed by atoms with Crippen LogP contribution in [0.3, 0.4) is 0 Å². The summed E-state index contributed by atoms with van der Waals surface area (Å²) in [6.45, 7) is 0.654. The summed E-state index contributed by atoms with van der Waals surface area (Å²) in [5.74, 6) is 0.639. The van der Waals surface area contributed by atoms with E-state index in [0.717, 1.165) is 0 Å². The van der Waals surface area contributed by atoms with Gasteiger partial charge in [0.2, 0.25) is 0 Å². The fourth-order valence-electron chi connectivity index (χ4n) is 3.60. The van der Waals surface area contributed by atoms with Crippen LogP contribution in [0.2, 0.25) is 5.02 Å². The smallest absolute Gasteiger partial charge is 0.319 e. The maximum Gasteiger partial charge on any atom is 0.319 e. The molecule has 0 aliphatic rings. The summed E-state index contributed by atoms with van der Waals surface area (Å²) in [5.41, 5.74) is 1.59. The molecular weight excluding hydrogens is 493 g/mol. The highest BCUT2D eigenvalue weighted by atomic mass is 35.5. The zero-order valence-electron chi connectivity index (χ0n) is 19.9. The molecule has 0 spiro atoms. The number of para-hydroxylation sites is 1. The molecule has 2 N–H and O–H groups in total. The van der Waals surface area contributed by atoms with E-state index < -0.39 is 5.82 Å². The van der Waals surface area contributed by atoms with E-state index in [2.05, 4.69) is 10.6 Å². The standard InChI is InChI=1S/C29H25ClFN3O3/c30-22-6-4-7-24(20-22)33-29(36)32-18-5-19-34(28(35)21-10-12-23(31)13-11-21)25-14-16-27(17-15-25)37-26-8-2-1-3-9-26/h1-4,6-17,20H,5,18-19H2,(H2,32,33,36). The molecule has 0 heterocycles. The number of benzene rings is 4. The van der Waals surface area contributed by atoms with Crippen molar-refractivity contribution in [2.24, 2.45) is 0 Å². The summed E-state index contributed by atoms with van der Waals surface area (Å²) >= 11 is 5.95. The van der Waals surface area contributed by atoms with Gasteiger partial charge in [0.1, 0.15) is 17.3 Å². The minimum Gasteiger partial charge on any atom is -0.457 e. The second kappa shape index (κ2) is 12.6. The van der Waals surface area contributed by atoms with Crippen LogP contribution in [0.5, 0.6) is 11.5 Å². The lowest BCUT2D eigenvalue weighted by atomic mass is 10.1. The number of rotatable bonds is 9. The Bertz CT molecular complexity index is 1330. The lowest BCUT2D eigenvalue weighted by Gasteiger charge is -2.23. The number of halogens is 2. The first-order valence-electron chi connectivity index (χ1n) is 11.7. The summed E-state index contributed by atoms with van der Waals surface area (Å²) in [7, 11) is 0. The van der Waals surface area contributed by atoms with Crippen molar-refractivity contribution >= 4 is 34.9 Å². The zero-order valence-corrected chi connectivity index (χ0v) is 20.6. The Kier molecular flexibility index (Phi) is 8.73. The predicted octanol–water partition coefficient (Wildman–Crippen LogP) is 7.13. The fraction of sp³-hybridized carbons (Fsp3) is 0.103. The van der Waals surface area contributed by atoms with Gasteiger partial charge in [-0.2, -0.15) is 0 Å². The minimum atomic E-state index is -0.416. The highest BCUT2D eigenvalue weighted by Gasteiger charge is 2.18. The molecule has 0 saturated heterocycles. The van der Waals surface area contributed by atoms with Crippen molar-refractivity contribution in [3.63, 3.8) is 0 Å². The van der Waals surface area contributed by atoms with Gasteiger partial charge in [-0.15, -0.1) is 0 Å². The number of carbonyl (C=O) groups excluding carboxylic acids is 2. The number of carbonyl (C=O) groups is 2. The average Bonchev–Trinajstić information content (AvgIpc) is 2.90. The van der Waals surface area contributed by atoms with Crippen LogP contribution in [0.4, 0.5) is 20.6 Å². The molecule has 0 fully saturated rings. The fourth-order valence-corrected chi connectivity index (χ4v) is 3.79. The largest absolute Gasteiger partial charge is 0.457 e. The Morgan fingerprint density at radius 3 is 2.24 bits per heavy atom. The monoisotopic (exact) mass is 517 g/mol. The molecule has 0 atom stereocenters. The summed E-state index contributed by atoms with van der Waals surface area (Å²) < 4.78 is 19.3. The maximum absolute atomic E-state index is 13.4. The van der Waals surface area contributed by atoms with Crippen molar-refractivity contribution in [1.29, 1.82) is 0 Å². The topological polar surface area (TPSA) is 70.7 Å². The Balaban J connectivity index is 1.41. The highest BCUT2D eigenvalue weighted by molar-refractivity contribution is 6.30. The summed E-state index contributed by atoms with van der Waals surface area (Å²) in [5, 5.41) is 6.02. The first-order chi connectivity index (χ1) is 18.0. The molecule has 8 heteroatoms. The number of ether oxygens (including phenoxy) is 1. The molecule has 0 aliphatic heterocycles. The zero-order chi connectivity index (χ0) is 26.0. The molecule has 0 bridgehead atoms. The molecule has 188 valence electrons. The first kappa shape index (κ1) is 25.7. The van der Waals surface area contributed by atoms with Crippen molar-refractivity contribution in [2.45, 2.75) is 6.42 Å². The molecule has 0 aliphatic carbocycles. The Morgan fingerprint density at radius 1 is 0.838 bits per heavy atom. The molecule has 0 radical (unpaired) electrons. The van der Waals surface area contributed by atoms with Crippen LogP contribution >= 0.6 is 11.6 Å². The Labute approximate surface area is 219 Å². The SMILES string of the molecule is O=C(NCCCN(C(=O)c1ccc(F)cc1)c1ccc(Oc2ccccc2)cc1)Nc1cccc(Cl)c1. The van der Waals surface area contributed by atoms with Gasteiger partial charge in [0.05, 0.1) is 0 Å². The summed E-state index contributed by atoms with van der Waals surface area (Å²) in [6.07, 6.45) is 0.484. The van der Waals surface area contributed by atoms with Gasteiger partial charge in [-0.25, -0.2) is 9.18 Å². The number of hydrogen-bond donors (Lipinski definition) is 2. The van der Waals surface area contributed by atoms with Gasteiger partial charge in [-0.1, -0.05) is 35.9 Å². The van der Waals surface area contributed by atoms with E-state index >= 15 is 0 Å². The summed E-state index contributed by atoms with van der Waals surface area (Å²) in [4.78, 5) is 27.1. The normalized spacial score (nSPS) is 10.4. The van der Waals surface area contributed by atoms with Crippen LogP contribution < -0.4 is 20.3 Å². The van der Waals surface area contributed by atoms with Crippen LogP contribution in [0.1, 0.15) is 16.8 Å². The highest BCUT2D eigenvalue weighted by Crippen LogP contribution is 2.25. The molecule has 37 heavy (non-hydrogen) atoms. The molecule has 0 aromatic heterocycles. The van der Waals surface area contributed by atoms with Gasteiger partial charge < -0.3 is 20.3 Å². The van der Waals surface area contributed by atoms with Crippen LogP contribution in [0, 0.1) is 5.82 Å². The quantitative estimate of drug-likeness (QED) is 0.232. The third-order valence-electron chi connectivity index (χ3n) is 5.39. The second-order valence-corrected chi connectivity index (χ2v) is 8.55. The number of anilines is 2. The molecule has 0 saturated carbocycles. The average molecular weight is 518 g/mol. The molecule has 6 nitrogen and oxygen atoms in total. The molecular formula is C29H25ClFN3O3. The van der Waals surface area contributed by atoms with Crippen LogP contribution in [-0.4, -0.2) is 25.0 Å². The molecule has 4 rings (SSSR count). The van der Waals surface area contributed by atoms with Crippen molar-refractivity contribution in [3.05, 3.63) is 120 Å². The van der Waals surface area contributed by atoms with E-state index in [1.54, 1.807) is 53.4 Å². The number of amides is 3. The van der Waals surface area contributed by atoms with Crippen molar-refractivity contribution in [1.82, 2.24) is 5.32 Å². The van der Waals surface area contributed by atoms with Gasteiger partial charge in [-0.3, -0.25) is 4.79 Å². The van der Waals surface area contributed by atoms with E-state index in [0.29, 0.717) is 53.0 Å². The third-order valence-corrected chi connectivity index (χ3v) is 5.63. The molecule has 4 aromatic carbocycles. The van der Waals surface area contributed by atoms with Gasteiger partial charge >= 0.3 is 6.03 Å². The summed E-state index contributed by atoms with van der Waals surface area (Å²) in [6, 6.07) is 28.4.